The Morgan fingerprint density at radius 1 is 1.21 bits per heavy atom. The summed E-state index contributed by atoms with van der Waals surface area (Å²) >= 11 is 0. The van der Waals surface area contributed by atoms with E-state index in [-0.39, 0.29) is 18.0 Å². The van der Waals surface area contributed by atoms with Gasteiger partial charge in [-0.15, -0.1) is 0 Å². The molecule has 1 aliphatic heterocycles. The summed E-state index contributed by atoms with van der Waals surface area (Å²) < 4.78 is 15.4. The second kappa shape index (κ2) is 8.42. The highest BCUT2D eigenvalue weighted by molar-refractivity contribution is 5.97. The van der Waals surface area contributed by atoms with E-state index in [1.165, 1.54) is 7.11 Å². The monoisotopic (exact) mass is 336 g/mol. The van der Waals surface area contributed by atoms with Crippen molar-refractivity contribution < 1.29 is 23.8 Å². The lowest BCUT2D eigenvalue weighted by atomic mass is 10.0. The van der Waals surface area contributed by atoms with Gasteiger partial charge in [0.15, 0.2) is 0 Å². The molecule has 1 fully saturated rings. The third-order valence-electron chi connectivity index (χ3n) is 4.01. The van der Waals surface area contributed by atoms with E-state index < -0.39 is 0 Å². The number of methoxy groups -OCH3 is 2. The Labute approximate surface area is 141 Å². The minimum Gasteiger partial charge on any atom is -0.497 e. The maximum absolute atomic E-state index is 12.5. The molecule has 1 aliphatic rings. The Morgan fingerprint density at radius 3 is 2.50 bits per heavy atom. The number of likely N-dealkylation sites (tertiary alicyclic amines) is 1. The van der Waals surface area contributed by atoms with Crippen molar-refractivity contribution in [3.63, 3.8) is 0 Å². The first-order valence-electron chi connectivity index (χ1n) is 8.03. The molecule has 0 radical (unpaired) electrons. The zero-order valence-electron chi connectivity index (χ0n) is 14.3. The van der Waals surface area contributed by atoms with Gasteiger partial charge >= 0.3 is 6.09 Å². The molecule has 0 aromatic heterocycles. The van der Waals surface area contributed by atoms with Gasteiger partial charge in [-0.25, -0.2) is 4.79 Å². The SMILES string of the molecule is CCOC(=O)N1CCC(NC(=O)c2ccc(OC)cc2OC)CC1. The van der Waals surface area contributed by atoms with E-state index in [4.69, 9.17) is 14.2 Å². The number of benzene rings is 1. The zero-order chi connectivity index (χ0) is 17.5. The lowest BCUT2D eigenvalue weighted by Gasteiger charge is -2.31. The Hall–Kier alpha value is -2.44. The van der Waals surface area contributed by atoms with Crippen LogP contribution in [0.25, 0.3) is 0 Å². The summed E-state index contributed by atoms with van der Waals surface area (Å²) in [7, 11) is 3.08. The van der Waals surface area contributed by atoms with Crippen LogP contribution in [-0.4, -0.2) is 56.9 Å². The maximum Gasteiger partial charge on any atom is 0.409 e. The van der Waals surface area contributed by atoms with Crippen LogP contribution >= 0.6 is 0 Å². The molecule has 24 heavy (non-hydrogen) atoms. The molecule has 7 nitrogen and oxygen atoms in total. The topological polar surface area (TPSA) is 77.1 Å². The molecule has 7 heteroatoms. The van der Waals surface area contributed by atoms with Gasteiger partial charge in [-0.3, -0.25) is 4.79 Å². The molecule has 0 saturated carbocycles. The van der Waals surface area contributed by atoms with Crippen LogP contribution in [0.15, 0.2) is 18.2 Å². The molecule has 1 heterocycles. The van der Waals surface area contributed by atoms with Crippen LogP contribution in [0, 0.1) is 0 Å². The molecule has 2 amide bonds. The third-order valence-corrected chi connectivity index (χ3v) is 4.01. The van der Waals surface area contributed by atoms with Gasteiger partial charge in [0.05, 0.1) is 26.4 Å². The fraction of sp³-hybridized carbons (Fsp3) is 0.529. The summed E-state index contributed by atoms with van der Waals surface area (Å²) in [5, 5.41) is 3.00. The van der Waals surface area contributed by atoms with Crippen molar-refractivity contribution in [1.82, 2.24) is 10.2 Å². The van der Waals surface area contributed by atoms with E-state index in [0.717, 1.165) is 0 Å². The van der Waals surface area contributed by atoms with E-state index in [1.54, 1.807) is 37.1 Å². The molecule has 1 aromatic rings. The Kier molecular flexibility index (Phi) is 6.28. The number of hydrogen-bond donors (Lipinski definition) is 1. The van der Waals surface area contributed by atoms with Crippen LogP contribution in [0.2, 0.25) is 0 Å². The van der Waals surface area contributed by atoms with Gasteiger partial charge in [0.1, 0.15) is 11.5 Å². The van der Waals surface area contributed by atoms with Crippen LogP contribution in [0.5, 0.6) is 11.5 Å². The molecule has 1 aromatic carbocycles. The van der Waals surface area contributed by atoms with Crippen molar-refractivity contribution in [1.29, 1.82) is 0 Å². The summed E-state index contributed by atoms with van der Waals surface area (Å²) in [6, 6.07) is 5.11. The summed E-state index contributed by atoms with van der Waals surface area (Å²) in [6.45, 7) is 3.30. The summed E-state index contributed by atoms with van der Waals surface area (Å²) in [5.74, 6) is 0.908. The maximum atomic E-state index is 12.5. The van der Waals surface area contributed by atoms with E-state index in [0.29, 0.717) is 49.6 Å². The van der Waals surface area contributed by atoms with E-state index >= 15 is 0 Å². The largest absolute Gasteiger partial charge is 0.497 e. The quantitative estimate of drug-likeness (QED) is 0.890. The van der Waals surface area contributed by atoms with Crippen molar-refractivity contribution in [2.24, 2.45) is 0 Å². The number of amides is 2. The van der Waals surface area contributed by atoms with E-state index in [1.807, 2.05) is 0 Å². The highest BCUT2D eigenvalue weighted by Crippen LogP contribution is 2.25. The van der Waals surface area contributed by atoms with Gasteiger partial charge in [0.2, 0.25) is 0 Å². The Bertz CT molecular complexity index is 582. The zero-order valence-corrected chi connectivity index (χ0v) is 14.3. The third kappa shape index (κ3) is 4.31. The molecule has 1 N–H and O–H groups in total. The number of rotatable bonds is 5. The van der Waals surface area contributed by atoms with Crippen molar-refractivity contribution in [3.05, 3.63) is 23.8 Å². The Balaban J connectivity index is 1.93. The van der Waals surface area contributed by atoms with Gasteiger partial charge in [0, 0.05) is 25.2 Å². The molecule has 0 bridgehead atoms. The molecule has 132 valence electrons. The summed E-state index contributed by atoms with van der Waals surface area (Å²) in [4.78, 5) is 25.8. The first kappa shape index (κ1) is 17.9. The van der Waals surface area contributed by atoms with Crippen molar-refractivity contribution >= 4 is 12.0 Å². The van der Waals surface area contributed by atoms with Gasteiger partial charge in [0.25, 0.3) is 5.91 Å². The second-order valence-corrected chi connectivity index (χ2v) is 5.50. The second-order valence-electron chi connectivity index (χ2n) is 5.50. The number of nitrogens with one attached hydrogen (secondary N) is 1. The number of carbonyl (C=O) groups is 2. The molecule has 2 rings (SSSR count). The van der Waals surface area contributed by atoms with Gasteiger partial charge < -0.3 is 24.4 Å². The minimum absolute atomic E-state index is 0.0231. The van der Waals surface area contributed by atoms with Crippen LogP contribution in [-0.2, 0) is 4.74 Å². The highest BCUT2D eigenvalue weighted by atomic mass is 16.6. The number of ether oxygens (including phenoxy) is 3. The fourth-order valence-electron chi connectivity index (χ4n) is 2.67. The first-order chi connectivity index (χ1) is 11.6. The highest BCUT2D eigenvalue weighted by Gasteiger charge is 2.25. The van der Waals surface area contributed by atoms with Crippen molar-refractivity contribution in [2.45, 2.75) is 25.8 Å². The lowest BCUT2D eigenvalue weighted by molar-refractivity contribution is 0.0858. The van der Waals surface area contributed by atoms with Gasteiger partial charge in [-0.05, 0) is 31.9 Å². The molecule has 0 spiro atoms. The standard InChI is InChI=1S/C17H24N2O5/c1-4-24-17(21)19-9-7-12(8-10-19)18-16(20)14-6-5-13(22-2)11-15(14)23-3/h5-6,11-12H,4,7-10H2,1-3H3,(H,18,20). The van der Waals surface area contributed by atoms with Crippen molar-refractivity contribution in [2.75, 3.05) is 33.9 Å². The van der Waals surface area contributed by atoms with E-state index in [9.17, 15) is 9.59 Å². The van der Waals surface area contributed by atoms with Crippen LogP contribution in [0.4, 0.5) is 4.79 Å². The molecular weight excluding hydrogens is 312 g/mol. The van der Waals surface area contributed by atoms with Gasteiger partial charge in [-0.1, -0.05) is 0 Å². The minimum atomic E-state index is -0.292. The molecule has 0 aliphatic carbocycles. The fourth-order valence-corrected chi connectivity index (χ4v) is 2.67. The Morgan fingerprint density at radius 2 is 1.92 bits per heavy atom. The molecule has 0 unspecified atom stereocenters. The molecular formula is C17H24N2O5. The number of hydrogen-bond acceptors (Lipinski definition) is 5. The number of piperidine rings is 1. The smallest absolute Gasteiger partial charge is 0.409 e. The van der Waals surface area contributed by atoms with E-state index in [2.05, 4.69) is 5.32 Å². The van der Waals surface area contributed by atoms with Crippen LogP contribution in [0.3, 0.4) is 0 Å². The summed E-state index contributed by atoms with van der Waals surface area (Å²) in [6.07, 6.45) is 1.10. The molecule has 1 saturated heterocycles. The van der Waals surface area contributed by atoms with Crippen molar-refractivity contribution in [3.8, 4) is 11.5 Å². The molecule has 0 atom stereocenters. The normalized spacial score (nSPS) is 14.9. The van der Waals surface area contributed by atoms with Crippen LogP contribution in [0.1, 0.15) is 30.1 Å². The predicted octanol–water partition coefficient (Wildman–Crippen LogP) is 2.05. The van der Waals surface area contributed by atoms with Gasteiger partial charge in [-0.2, -0.15) is 0 Å². The lowest BCUT2D eigenvalue weighted by Crippen LogP contribution is -2.46. The first-order valence-corrected chi connectivity index (χ1v) is 8.03. The average molecular weight is 336 g/mol. The average Bonchev–Trinajstić information content (AvgIpc) is 2.61. The number of carbonyl (C=O) groups excluding carboxylic acids is 2. The van der Waals surface area contributed by atoms with Crippen LogP contribution < -0.4 is 14.8 Å². The summed E-state index contributed by atoms with van der Waals surface area (Å²) in [5.41, 5.74) is 0.464. The number of nitrogens with zero attached hydrogens (tertiary/aromatic N) is 1. The predicted molar refractivity (Wildman–Crippen MR) is 88.6 cm³/mol.